The molecule has 0 aliphatic heterocycles. The molecular formula is C25H20O2Ti-4. The van der Waals surface area contributed by atoms with E-state index in [2.05, 4.69) is 103 Å². The average Bonchev–Trinajstić information content (AvgIpc) is 3.43. The van der Waals surface area contributed by atoms with Gasteiger partial charge in [-0.1, -0.05) is 41.5 Å². The van der Waals surface area contributed by atoms with E-state index in [0.29, 0.717) is 0 Å². The van der Waals surface area contributed by atoms with E-state index < -0.39 is 0 Å². The van der Waals surface area contributed by atoms with Crippen LogP contribution in [0.15, 0.2) is 84.9 Å². The summed E-state index contributed by atoms with van der Waals surface area (Å²) >= 11 is 1.75. The second-order valence-electron chi connectivity index (χ2n) is 5.55. The van der Waals surface area contributed by atoms with Gasteiger partial charge in [0.1, 0.15) is 0 Å². The van der Waals surface area contributed by atoms with Crippen molar-refractivity contribution in [3.05, 3.63) is 102 Å². The van der Waals surface area contributed by atoms with Gasteiger partial charge in [-0.3, -0.25) is 13.6 Å². The fourth-order valence-electron chi connectivity index (χ4n) is 3.07. The predicted molar refractivity (Wildman–Crippen MR) is 114 cm³/mol. The van der Waals surface area contributed by atoms with Gasteiger partial charge in [0.05, 0.1) is 0 Å². The molecule has 28 heavy (non-hydrogen) atoms. The van der Waals surface area contributed by atoms with E-state index in [0.717, 1.165) is 6.42 Å². The number of benzene rings is 3. The summed E-state index contributed by atoms with van der Waals surface area (Å²) in [4.78, 5) is 18.8. The Hall–Kier alpha value is -2.81. The molecule has 3 heteroatoms. The molecule has 0 amide bonds. The van der Waals surface area contributed by atoms with Gasteiger partial charge < -0.3 is 9.59 Å². The summed E-state index contributed by atoms with van der Waals surface area (Å²) in [6.07, 6.45) is 1.05. The van der Waals surface area contributed by atoms with Crippen molar-refractivity contribution in [2.24, 2.45) is 0 Å². The summed E-state index contributed by atoms with van der Waals surface area (Å²) in [6, 6.07) is 32.8. The van der Waals surface area contributed by atoms with Crippen LogP contribution in [0.25, 0.3) is 21.9 Å². The number of hydrogen-bond acceptors (Lipinski definition) is 2. The van der Waals surface area contributed by atoms with Crippen LogP contribution in [0.2, 0.25) is 0 Å². The third-order valence-electron chi connectivity index (χ3n) is 4.16. The first-order valence-corrected chi connectivity index (χ1v) is 9.53. The molecule has 0 atom stereocenters. The zero-order chi connectivity index (χ0) is 20.8. The molecule has 5 rings (SSSR count). The molecule has 4 aromatic rings. The smallest absolute Gasteiger partial charge is 0.0253 e. The zero-order valence-electron chi connectivity index (χ0n) is 15.5. The fraction of sp³-hybridized carbons (Fsp3) is 0.0400. The van der Waals surface area contributed by atoms with E-state index in [1.807, 2.05) is 6.07 Å². The Balaban J connectivity index is 0.000000230. The third kappa shape index (κ3) is 5.85. The number of carbonyl (C=O) groups excluding carboxylic acids is 2. The minimum Gasteiger partial charge on any atom is -0.179 e. The van der Waals surface area contributed by atoms with Crippen LogP contribution in [-0.2, 0) is 36.0 Å². The normalized spacial score (nSPS) is 9.39. The van der Waals surface area contributed by atoms with Crippen molar-refractivity contribution in [3.8, 4) is 11.1 Å². The SMILES string of the molecule is [CH-]=O.[CH-]=O.[CH2]=[Ti].[c-]1cccc2c1Cc1ccccc1-2.c1ccc2[cH-]ccc2c1. The van der Waals surface area contributed by atoms with Crippen LogP contribution >= 0.6 is 0 Å². The van der Waals surface area contributed by atoms with Gasteiger partial charge >= 0.3 is 24.8 Å². The van der Waals surface area contributed by atoms with Gasteiger partial charge in [-0.2, -0.15) is 47.3 Å². The van der Waals surface area contributed by atoms with E-state index in [9.17, 15) is 0 Å². The second kappa shape index (κ2) is 13.4. The zero-order valence-corrected chi connectivity index (χ0v) is 17.0. The van der Waals surface area contributed by atoms with E-state index in [4.69, 9.17) is 9.59 Å². The molecule has 0 aromatic heterocycles. The molecule has 0 saturated carbocycles. The molecular weight excluding hydrogens is 380 g/mol. The number of hydrogen-bond donors (Lipinski definition) is 0. The number of fused-ring (bicyclic) bond motifs is 4. The maximum absolute atomic E-state index is 7.75. The monoisotopic (exact) mass is 400 g/mol. The van der Waals surface area contributed by atoms with Gasteiger partial charge in [0.2, 0.25) is 0 Å². The maximum atomic E-state index is 7.75. The summed E-state index contributed by atoms with van der Waals surface area (Å²) in [5.41, 5.74) is 5.51. The van der Waals surface area contributed by atoms with Gasteiger partial charge in [-0.25, -0.2) is 0 Å². The van der Waals surface area contributed by atoms with Gasteiger partial charge in [0.25, 0.3) is 0 Å². The first kappa shape index (κ1) is 23.2. The summed E-state index contributed by atoms with van der Waals surface area (Å²) in [5.74, 6) is 0. The van der Waals surface area contributed by atoms with Crippen molar-refractivity contribution in [2.75, 3.05) is 0 Å². The molecule has 0 spiro atoms. The molecule has 0 radical (unpaired) electrons. The van der Waals surface area contributed by atoms with Crippen molar-refractivity contribution in [3.63, 3.8) is 0 Å². The van der Waals surface area contributed by atoms with Gasteiger partial charge in [-0.15, -0.1) is 35.2 Å². The molecule has 1 aliphatic carbocycles. The summed E-state index contributed by atoms with van der Waals surface area (Å²) in [5, 5.41) is 2.66. The predicted octanol–water partition coefficient (Wildman–Crippen LogP) is 5.03. The maximum Gasteiger partial charge on any atom is -0.0253 e. The molecule has 140 valence electrons. The molecule has 0 N–H and O–H groups in total. The van der Waals surface area contributed by atoms with Crippen molar-refractivity contribution in [1.29, 1.82) is 0 Å². The Morgan fingerprint density at radius 1 is 0.821 bits per heavy atom. The summed E-state index contributed by atoms with van der Waals surface area (Å²) < 4.78 is 0. The molecule has 0 unspecified atom stereocenters. The van der Waals surface area contributed by atoms with Crippen LogP contribution in [0, 0.1) is 6.07 Å². The van der Waals surface area contributed by atoms with Crippen LogP contribution in [-0.4, -0.2) is 18.4 Å². The van der Waals surface area contributed by atoms with Gasteiger partial charge in [0.15, 0.2) is 0 Å². The molecule has 2 nitrogen and oxygen atoms in total. The fourth-order valence-corrected chi connectivity index (χ4v) is 3.07. The Morgan fingerprint density at radius 2 is 1.46 bits per heavy atom. The topological polar surface area (TPSA) is 34.1 Å². The number of rotatable bonds is 0. The largest absolute Gasteiger partial charge is 0.179 e. The molecule has 0 bridgehead atoms. The second-order valence-corrected chi connectivity index (χ2v) is 5.55. The molecule has 0 fully saturated rings. The van der Waals surface area contributed by atoms with Crippen LogP contribution in [0.3, 0.4) is 0 Å². The van der Waals surface area contributed by atoms with E-state index in [1.165, 1.54) is 33.0 Å². The van der Waals surface area contributed by atoms with Crippen molar-refractivity contribution < 1.29 is 29.6 Å². The van der Waals surface area contributed by atoms with Crippen molar-refractivity contribution in [1.82, 2.24) is 0 Å². The minimum atomic E-state index is 1.05. The molecule has 0 heterocycles. The third-order valence-corrected chi connectivity index (χ3v) is 4.16. The molecule has 0 saturated heterocycles. The Bertz CT molecular complexity index is 896. The minimum absolute atomic E-state index is 1.05. The Labute approximate surface area is 178 Å². The Morgan fingerprint density at radius 3 is 2.21 bits per heavy atom. The molecule has 1 aliphatic rings. The van der Waals surface area contributed by atoms with Gasteiger partial charge in [-0.05, 0) is 6.42 Å². The van der Waals surface area contributed by atoms with E-state index >= 15 is 0 Å². The molecule has 4 aromatic carbocycles. The summed E-state index contributed by atoms with van der Waals surface area (Å²) in [6.45, 7) is 6.50. The standard InChI is InChI=1S/C13H9.C9H7.2CHO.CH2.Ti/c1-3-7-12-10(5-1)9-11-6-2-4-8-13(11)12;1-2-5-9-7-3-6-8(9)4-1;2*1-2;;/h1-5,7-8H,9H2;1-7H;2*1H;1H2;/q4*-1;;. The van der Waals surface area contributed by atoms with Crippen LogP contribution in [0.1, 0.15) is 11.1 Å². The Kier molecular flexibility index (Phi) is 11.1. The van der Waals surface area contributed by atoms with Gasteiger partial charge in [0, 0.05) is 0 Å². The van der Waals surface area contributed by atoms with Crippen LogP contribution in [0.4, 0.5) is 0 Å². The van der Waals surface area contributed by atoms with E-state index in [1.54, 1.807) is 20.0 Å². The first-order valence-electron chi connectivity index (χ1n) is 8.42. The van der Waals surface area contributed by atoms with Crippen LogP contribution < -0.4 is 0 Å². The van der Waals surface area contributed by atoms with Crippen molar-refractivity contribution in [2.45, 2.75) is 6.42 Å². The van der Waals surface area contributed by atoms with Crippen molar-refractivity contribution >= 4 is 29.2 Å². The van der Waals surface area contributed by atoms with Crippen LogP contribution in [0.5, 0.6) is 0 Å². The summed E-state index contributed by atoms with van der Waals surface area (Å²) in [7, 11) is 0. The average molecular weight is 400 g/mol. The van der Waals surface area contributed by atoms with E-state index in [-0.39, 0.29) is 0 Å². The first-order chi connectivity index (χ1) is 13.9. The quantitative estimate of drug-likeness (QED) is 0.208.